The van der Waals surface area contributed by atoms with Gasteiger partial charge in [0.25, 0.3) is 0 Å². The fraction of sp³-hybridized carbons (Fsp3) is 0.0556. The number of aromatic nitrogens is 2. The van der Waals surface area contributed by atoms with Gasteiger partial charge in [0.2, 0.25) is 5.88 Å². The van der Waals surface area contributed by atoms with Crippen LogP contribution in [0, 0.1) is 0 Å². The second-order valence-corrected chi connectivity index (χ2v) is 7.34. The average molecular weight is 460 g/mol. The largest absolute Gasteiger partial charge is 0.493 e. The summed E-state index contributed by atoms with van der Waals surface area (Å²) in [4.78, 5) is 4.38. The fourth-order valence-electron chi connectivity index (χ4n) is 2.84. The van der Waals surface area contributed by atoms with Crippen LogP contribution < -0.4 is 0 Å². The van der Waals surface area contributed by atoms with Crippen LogP contribution in [0.2, 0.25) is 0 Å². The second kappa shape index (κ2) is 6.24. The van der Waals surface area contributed by atoms with Gasteiger partial charge in [-0.25, -0.2) is 0 Å². The minimum Gasteiger partial charge on any atom is -0.493 e. The molecule has 4 rings (SSSR count). The topological polar surface area (TPSA) is 62.8 Å². The predicted octanol–water partition coefficient (Wildman–Crippen LogP) is 6.37. The van der Waals surface area contributed by atoms with Gasteiger partial charge in [-0.2, -0.15) is 0 Å². The standard InChI is InChI=1S/C18H12Br2N4O/c1-24-17-12(8-11(19)9-13(17)20)16(18(24)25)23-22-14-6-2-4-10-5-3-7-21-15(10)14/h2-9,25H,1H3. The summed E-state index contributed by atoms with van der Waals surface area (Å²) in [5.41, 5.74) is 2.71. The van der Waals surface area contributed by atoms with Crippen molar-refractivity contribution in [2.45, 2.75) is 0 Å². The number of fused-ring (bicyclic) bond motifs is 2. The molecule has 124 valence electrons. The van der Waals surface area contributed by atoms with Gasteiger partial charge in [0.1, 0.15) is 5.69 Å². The van der Waals surface area contributed by atoms with Crippen LogP contribution in [-0.4, -0.2) is 14.7 Å². The number of benzene rings is 2. The Morgan fingerprint density at radius 2 is 1.88 bits per heavy atom. The summed E-state index contributed by atoms with van der Waals surface area (Å²) in [6, 6.07) is 13.4. The maximum absolute atomic E-state index is 10.5. The van der Waals surface area contributed by atoms with E-state index in [2.05, 4.69) is 47.1 Å². The SMILES string of the molecule is Cn1c(O)c(N=Nc2cccc3cccnc23)c2cc(Br)cc(Br)c21. The summed E-state index contributed by atoms with van der Waals surface area (Å²) in [6.07, 6.45) is 1.73. The van der Waals surface area contributed by atoms with Crippen molar-refractivity contribution in [3.8, 4) is 5.88 Å². The van der Waals surface area contributed by atoms with Gasteiger partial charge in [0.15, 0.2) is 5.69 Å². The van der Waals surface area contributed by atoms with Gasteiger partial charge >= 0.3 is 0 Å². The van der Waals surface area contributed by atoms with Crippen molar-refractivity contribution in [1.82, 2.24) is 9.55 Å². The van der Waals surface area contributed by atoms with Gasteiger partial charge in [-0.1, -0.05) is 34.1 Å². The number of pyridine rings is 1. The van der Waals surface area contributed by atoms with Crippen molar-refractivity contribution in [1.29, 1.82) is 0 Å². The van der Waals surface area contributed by atoms with Gasteiger partial charge in [0.05, 0.1) is 11.0 Å². The molecule has 5 nitrogen and oxygen atoms in total. The van der Waals surface area contributed by atoms with Gasteiger partial charge in [-0.3, -0.25) is 4.98 Å². The third kappa shape index (κ3) is 2.73. The predicted molar refractivity (Wildman–Crippen MR) is 106 cm³/mol. The number of para-hydroxylation sites is 1. The highest BCUT2D eigenvalue weighted by Gasteiger charge is 2.17. The normalized spacial score (nSPS) is 11.8. The molecule has 2 aromatic heterocycles. The Morgan fingerprint density at radius 3 is 2.72 bits per heavy atom. The Morgan fingerprint density at radius 1 is 1.08 bits per heavy atom. The Kier molecular flexibility index (Phi) is 4.05. The maximum Gasteiger partial charge on any atom is 0.220 e. The lowest BCUT2D eigenvalue weighted by Gasteiger charge is -2.00. The van der Waals surface area contributed by atoms with Crippen LogP contribution >= 0.6 is 31.9 Å². The van der Waals surface area contributed by atoms with Crippen molar-refractivity contribution in [2.75, 3.05) is 0 Å². The molecule has 0 spiro atoms. The average Bonchev–Trinajstić information content (AvgIpc) is 2.84. The number of rotatable bonds is 2. The van der Waals surface area contributed by atoms with E-state index >= 15 is 0 Å². The van der Waals surface area contributed by atoms with Gasteiger partial charge < -0.3 is 9.67 Å². The molecule has 0 aliphatic rings. The molecule has 2 heterocycles. The van der Waals surface area contributed by atoms with Crippen LogP contribution in [0.15, 0.2) is 67.8 Å². The zero-order valence-corrected chi connectivity index (χ0v) is 16.3. The monoisotopic (exact) mass is 458 g/mol. The van der Waals surface area contributed by atoms with Crippen molar-refractivity contribution < 1.29 is 5.11 Å². The molecule has 2 aromatic carbocycles. The van der Waals surface area contributed by atoms with E-state index in [9.17, 15) is 5.11 Å². The smallest absolute Gasteiger partial charge is 0.220 e. The van der Waals surface area contributed by atoms with Gasteiger partial charge in [-0.15, -0.1) is 10.2 Å². The Labute approximate surface area is 160 Å². The van der Waals surface area contributed by atoms with Crippen LogP contribution in [0.4, 0.5) is 11.4 Å². The minimum absolute atomic E-state index is 0.0609. The van der Waals surface area contributed by atoms with E-state index in [4.69, 9.17) is 0 Å². The summed E-state index contributed by atoms with van der Waals surface area (Å²) in [7, 11) is 1.79. The molecule has 0 unspecified atom stereocenters. The fourth-order valence-corrected chi connectivity index (χ4v) is 4.34. The summed E-state index contributed by atoms with van der Waals surface area (Å²) in [5, 5.41) is 21.0. The quantitative estimate of drug-likeness (QED) is 0.354. The van der Waals surface area contributed by atoms with E-state index in [0.29, 0.717) is 11.4 Å². The van der Waals surface area contributed by atoms with E-state index < -0.39 is 0 Å². The van der Waals surface area contributed by atoms with Gasteiger partial charge in [0, 0.05) is 33.0 Å². The van der Waals surface area contributed by atoms with E-state index in [1.165, 1.54) is 0 Å². The van der Waals surface area contributed by atoms with Crippen molar-refractivity contribution in [3.05, 3.63) is 57.6 Å². The summed E-state index contributed by atoms with van der Waals surface area (Å²) in [6.45, 7) is 0. The summed E-state index contributed by atoms with van der Waals surface area (Å²) >= 11 is 7.01. The molecule has 7 heteroatoms. The minimum atomic E-state index is 0.0609. The lowest BCUT2D eigenvalue weighted by atomic mass is 10.2. The molecular weight excluding hydrogens is 448 g/mol. The molecule has 4 aromatic rings. The number of azo groups is 1. The third-order valence-electron chi connectivity index (χ3n) is 4.02. The molecule has 0 amide bonds. The van der Waals surface area contributed by atoms with E-state index in [1.54, 1.807) is 17.8 Å². The highest BCUT2D eigenvalue weighted by atomic mass is 79.9. The zero-order chi connectivity index (χ0) is 17.6. The summed E-state index contributed by atoms with van der Waals surface area (Å²) < 4.78 is 3.44. The van der Waals surface area contributed by atoms with Crippen molar-refractivity contribution in [3.63, 3.8) is 0 Å². The number of nitrogens with zero attached hydrogens (tertiary/aromatic N) is 4. The first-order valence-electron chi connectivity index (χ1n) is 7.48. The molecule has 25 heavy (non-hydrogen) atoms. The lowest BCUT2D eigenvalue weighted by Crippen LogP contribution is -1.86. The first-order chi connectivity index (χ1) is 12.1. The molecular formula is C18H12Br2N4O. The van der Waals surface area contributed by atoms with Crippen molar-refractivity contribution in [2.24, 2.45) is 17.3 Å². The van der Waals surface area contributed by atoms with Gasteiger partial charge in [-0.05, 0) is 40.2 Å². The molecule has 0 bridgehead atoms. The van der Waals surface area contributed by atoms with Crippen LogP contribution in [0.25, 0.3) is 21.8 Å². The van der Waals surface area contributed by atoms with Crippen LogP contribution in [0.1, 0.15) is 0 Å². The Balaban J connectivity index is 1.91. The van der Waals surface area contributed by atoms with E-state index in [-0.39, 0.29) is 5.88 Å². The molecule has 0 atom stereocenters. The van der Waals surface area contributed by atoms with E-state index in [1.807, 2.05) is 42.5 Å². The summed E-state index contributed by atoms with van der Waals surface area (Å²) in [5.74, 6) is 0.0609. The maximum atomic E-state index is 10.5. The highest BCUT2D eigenvalue weighted by molar-refractivity contribution is 9.11. The van der Waals surface area contributed by atoms with E-state index in [0.717, 1.165) is 30.8 Å². The molecule has 0 saturated carbocycles. The number of aryl methyl sites for hydroxylation is 1. The first kappa shape index (κ1) is 16.2. The first-order valence-corrected chi connectivity index (χ1v) is 9.07. The van der Waals surface area contributed by atoms with Crippen molar-refractivity contribution >= 4 is 65.0 Å². The molecule has 0 radical (unpaired) electrons. The molecule has 0 aliphatic carbocycles. The Bertz CT molecular complexity index is 1150. The molecule has 0 fully saturated rings. The lowest BCUT2D eigenvalue weighted by molar-refractivity contribution is 0.436. The number of halogens is 2. The molecule has 0 saturated heterocycles. The Hall–Kier alpha value is -2.25. The number of hydrogen-bond acceptors (Lipinski definition) is 4. The van der Waals surface area contributed by atoms with Crippen LogP contribution in [0.3, 0.4) is 0 Å². The zero-order valence-electron chi connectivity index (χ0n) is 13.1. The third-order valence-corrected chi connectivity index (χ3v) is 5.08. The highest BCUT2D eigenvalue weighted by Crippen LogP contribution is 2.43. The number of hydrogen-bond donors (Lipinski definition) is 1. The number of aromatic hydroxyl groups is 1. The molecule has 0 aliphatic heterocycles. The van der Waals surface area contributed by atoms with Crippen LogP contribution in [0.5, 0.6) is 5.88 Å². The molecule has 1 N–H and O–H groups in total. The second-order valence-electron chi connectivity index (χ2n) is 5.57. The van der Waals surface area contributed by atoms with Crippen LogP contribution in [-0.2, 0) is 7.05 Å².